The van der Waals surface area contributed by atoms with Crippen LogP contribution in [-0.2, 0) is 13.1 Å². The van der Waals surface area contributed by atoms with Crippen molar-refractivity contribution >= 4 is 0 Å². The summed E-state index contributed by atoms with van der Waals surface area (Å²) in [6, 6.07) is 21.4. The van der Waals surface area contributed by atoms with E-state index in [0.29, 0.717) is 12.5 Å². The fourth-order valence-electron chi connectivity index (χ4n) is 4.22. The molecule has 2 heterocycles. The van der Waals surface area contributed by atoms with Crippen molar-refractivity contribution in [3.63, 3.8) is 0 Å². The maximum atomic E-state index is 4.44. The van der Waals surface area contributed by atoms with Crippen LogP contribution in [0.1, 0.15) is 36.8 Å². The molecule has 0 aliphatic carbocycles. The third-order valence-corrected chi connectivity index (χ3v) is 5.68. The first-order chi connectivity index (χ1) is 14.2. The molecule has 1 aliphatic heterocycles. The number of hydrogen-bond donors (Lipinski definition) is 0. The lowest BCUT2D eigenvalue weighted by molar-refractivity contribution is 0.0664. The number of benzene rings is 2. The Hall–Kier alpha value is -2.57. The SMILES string of the molecule is CC(C)[C@H](c1nnnn1Cc1ccccc1)N1CCN(Cc2ccccc2)CC1. The highest BCUT2D eigenvalue weighted by atomic mass is 15.6. The zero-order valence-electron chi connectivity index (χ0n) is 17.4. The number of aromatic nitrogens is 4. The smallest absolute Gasteiger partial charge is 0.169 e. The van der Waals surface area contributed by atoms with Crippen LogP contribution in [0, 0.1) is 5.92 Å². The van der Waals surface area contributed by atoms with E-state index in [2.05, 4.69) is 93.8 Å². The first-order valence-electron chi connectivity index (χ1n) is 10.5. The van der Waals surface area contributed by atoms with Crippen LogP contribution in [-0.4, -0.2) is 56.2 Å². The van der Waals surface area contributed by atoms with Gasteiger partial charge in [0.25, 0.3) is 0 Å². The van der Waals surface area contributed by atoms with E-state index in [1.54, 1.807) is 0 Å². The number of hydrogen-bond acceptors (Lipinski definition) is 5. The van der Waals surface area contributed by atoms with E-state index in [9.17, 15) is 0 Å². The average molecular weight is 391 g/mol. The molecule has 4 rings (SSSR count). The van der Waals surface area contributed by atoms with E-state index in [1.807, 2.05) is 10.7 Å². The predicted molar refractivity (Wildman–Crippen MR) is 114 cm³/mol. The Morgan fingerprint density at radius 2 is 1.38 bits per heavy atom. The monoisotopic (exact) mass is 390 g/mol. The minimum absolute atomic E-state index is 0.229. The number of piperazine rings is 1. The Morgan fingerprint density at radius 1 is 0.793 bits per heavy atom. The fourth-order valence-corrected chi connectivity index (χ4v) is 4.22. The topological polar surface area (TPSA) is 50.1 Å². The molecule has 0 N–H and O–H groups in total. The Bertz CT molecular complexity index is 869. The maximum Gasteiger partial charge on any atom is 0.169 e. The van der Waals surface area contributed by atoms with Crippen LogP contribution in [0.4, 0.5) is 0 Å². The van der Waals surface area contributed by atoms with Gasteiger partial charge in [-0.2, -0.15) is 0 Å². The lowest BCUT2D eigenvalue weighted by Gasteiger charge is -2.40. The predicted octanol–water partition coefficient (Wildman–Crippen LogP) is 3.24. The maximum absolute atomic E-state index is 4.44. The second kappa shape index (κ2) is 9.29. The summed E-state index contributed by atoms with van der Waals surface area (Å²) in [5.41, 5.74) is 2.60. The Labute approximate surface area is 173 Å². The average Bonchev–Trinajstić information content (AvgIpc) is 3.18. The van der Waals surface area contributed by atoms with Crippen molar-refractivity contribution < 1.29 is 0 Å². The molecule has 0 saturated carbocycles. The highest BCUT2D eigenvalue weighted by Gasteiger charge is 2.31. The molecule has 152 valence electrons. The summed E-state index contributed by atoms with van der Waals surface area (Å²) in [4.78, 5) is 5.09. The lowest BCUT2D eigenvalue weighted by atomic mass is 10.0. The standard InChI is InChI=1S/C23H30N6/c1-19(2)22(23-24-25-26-29(23)18-21-11-7-4-8-12-21)28-15-13-27(14-16-28)17-20-9-5-3-6-10-20/h3-12,19,22H,13-18H2,1-2H3/t22-/m1/s1. The minimum Gasteiger partial charge on any atom is -0.297 e. The molecule has 2 aromatic carbocycles. The molecule has 6 nitrogen and oxygen atoms in total. The molecule has 1 fully saturated rings. The summed E-state index contributed by atoms with van der Waals surface area (Å²) in [6.45, 7) is 10.5. The summed E-state index contributed by atoms with van der Waals surface area (Å²) in [5, 5.41) is 12.8. The van der Waals surface area contributed by atoms with E-state index >= 15 is 0 Å². The van der Waals surface area contributed by atoms with E-state index in [-0.39, 0.29) is 6.04 Å². The lowest BCUT2D eigenvalue weighted by Crippen LogP contribution is -2.48. The quantitative estimate of drug-likeness (QED) is 0.620. The largest absolute Gasteiger partial charge is 0.297 e. The van der Waals surface area contributed by atoms with Gasteiger partial charge in [0.05, 0.1) is 12.6 Å². The molecule has 29 heavy (non-hydrogen) atoms. The van der Waals surface area contributed by atoms with E-state index in [1.165, 1.54) is 11.1 Å². The van der Waals surface area contributed by atoms with Crippen LogP contribution >= 0.6 is 0 Å². The highest BCUT2D eigenvalue weighted by Crippen LogP contribution is 2.28. The molecule has 0 amide bonds. The molecule has 1 saturated heterocycles. The van der Waals surface area contributed by atoms with Gasteiger partial charge in [0.15, 0.2) is 5.82 Å². The summed E-state index contributed by atoms with van der Waals surface area (Å²) in [7, 11) is 0. The number of tetrazole rings is 1. The van der Waals surface area contributed by atoms with Gasteiger partial charge >= 0.3 is 0 Å². The van der Waals surface area contributed by atoms with E-state index in [0.717, 1.165) is 38.5 Å². The van der Waals surface area contributed by atoms with Crippen molar-refractivity contribution in [1.29, 1.82) is 0 Å². The Kier molecular flexibility index (Phi) is 6.32. The second-order valence-electron chi connectivity index (χ2n) is 8.17. The molecule has 0 unspecified atom stereocenters. The first kappa shape index (κ1) is 19.7. The zero-order valence-corrected chi connectivity index (χ0v) is 17.4. The van der Waals surface area contributed by atoms with Gasteiger partial charge in [-0.3, -0.25) is 9.80 Å². The van der Waals surface area contributed by atoms with Gasteiger partial charge in [-0.15, -0.1) is 5.10 Å². The molecule has 0 radical (unpaired) electrons. The van der Waals surface area contributed by atoms with Crippen molar-refractivity contribution in [2.75, 3.05) is 26.2 Å². The van der Waals surface area contributed by atoms with Crippen molar-refractivity contribution in [2.45, 2.75) is 33.0 Å². The fraction of sp³-hybridized carbons (Fsp3) is 0.435. The van der Waals surface area contributed by atoms with Gasteiger partial charge in [0.1, 0.15) is 0 Å². The van der Waals surface area contributed by atoms with Crippen molar-refractivity contribution in [3.8, 4) is 0 Å². The van der Waals surface area contributed by atoms with Crippen LogP contribution in [0.15, 0.2) is 60.7 Å². The molecule has 1 atom stereocenters. The third-order valence-electron chi connectivity index (χ3n) is 5.68. The van der Waals surface area contributed by atoms with E-state index in [4.69, 9.17) is 0 Å². The van der Waals surface area contributed by atoms with Gasteiger partial charge in [-0.1, -0.05) is 74.5 Å². The van der Waals surface area contributed by atoms with Crippen LogP contribution in [0.25, 0.3) is 0 Å². The minimum atomic E-state index is 0.229. The van der Waals surface area contributed by atoms with Crippen molar-refractivity contribution in [3.05, 3.63) is 77.6 Å². The zero-order chi connectivity index (χ0) is 20.1. The van der Waals surface area contributed by atoms with E-state index < -0.39 is 0 Å². The van der Waals surface area contributed by atoms with Crippen LogP contribution < -0.4 is 0 Å². The van der Waals surface area contributed by atoms with Gasteiger partial charge in [0.2, 0.25) is 0 Å². The number of rotatable bonds is 7. The first-order valence-corrected chi connectivity index (χ1v) is 10.5. The molecule has 3 aromatic rings. The van der Waals surface area contributed by atoms with Gasteiger partial charge in [0, 0.05) is 32.7 Å². The van der Waals surface area contributed by atoms with Crippen LogP contribution in [0.5, 0.6) is 0 Å². The van der Waals surface area contributed by atoms with Gasteiger partial charge in [-0.05, 0) is 27.5 Å². The molecule has 1 aliphatic rings. The summed E-state index contributed by atoms with van der Waals surface area (Å²) >= 11 is 0. The Morgan fingerprint density at radius 3 is 1.97 bits per heavy atom. The summed E-state index contributed by atoms with van der Waals surface area (Å²) in [5.74, 6) is 1.41. The normalized spacial score (nSPS) is 16.9. The van der Waals surface area contributed by atoms with Gasteiger partial charge < -0.3 is 0 Å². The highest BCUT2D eigenvalue weighted by molar-refractivity contribution is 5.16. The molecular weight excluding hydrogens is 360 g/mol. The van der Waals surface area contributed by atoms with Crippen LogP contribution in [0.2, 0.25) is 0 Å². The molecule has 0 bridgehead atoms. The van der Waals surface area contributed by atoms with Crippen LogP contribution in [0.3, 0.4) is 0 Å². The van der Waals surface area contributed by atoms with Crippen molar-refractivity contribution in [1.82, 2.24) is 30.0 Å². The molecule has 0 spiro atoms. The summed E-state index contributed by atoms with van der Waals surface area (Å²) < 4.78 is 1.97. The molecule has 6 heteroatoms. The molecular formula is C23H30N6. The number of nitrogens with zero attached hydrogens (tertiary/aromatic N) is 6. The second-order valence-corrected chi connectivity index (χ2v) is 8.17. The molecule has 1 aromatic heterocycles. The van der Waals surface area contributed by atoms with Crippen molar-refractivity contribution in [2.24, 2.45) is 5.92 Å². The summed E-state index contributed by atoms with van der Waals surface area (Å²) in [6.07, 6.45) is 0. The Balaban J connectivity index is 1.43. The van der Waals surface area contributed by atoms with Gasteiger partial charge in [-0.25, -0.2) is 4.68 Å². The third kappa shape index (κ3) is 4.89.